The van der Waals surface area contributed by atoms with Crippen LogP contribution in [-0.4, -0.2) is 61.2 Å². The van der Waals surface area contributed by atoms with Crippen molar-refractivity contribution in [1.82, 2.24) is 4.90 Å². The van der Waals surface area contributed by atoms with Gasteiger partial charge in [0.15, 0.2) is 0 Å². The van der Waals surface area contributed by atoms with Crippen LogP contribution in [0.15, 0.2) is 23.8 Å². The van der Waals surface area contributed by atoms with E-state index in [4.69, 9.17) is 9.47 Å². The minimum Gasteiger partial charge on any atom is -0.388 e. The molecule has 0 aromatic heterocycles. The molecule has 2 aliphatic heterocycles. The number of aliphatic hydroxyl groups excluding tert-OH is 1. The molecule has 0 aromatic carbocycles. The number of likely N-dealkylation sites (tertiary alicyclic amines) is 1. The fourth-order valence-corrected chi connectivity index (χ4v) is 3.02. The van der Waals surface area contributed by atoms with Crippen LogP contribution in [0.2, 0.25) is 0 Å². The van der Waals surface area contributed by atoms with Crippen molar-refractivity contribution in [1.29, 1.82) is 0 Å². The molecule has 4 nitrogen and oxygen atoms in total. The van der Waals surface area contributed by atoms with Gasteiger partial charge in [0.1, 0.15) is 12.2 Å². The summed E-state index contributed by atoms with van der Waals surface area (Å²) in [6.45, 7) is 4.65. The maximum Gasteiger partial charge on any atom is 0.106 e. The van der Waals surface area contributed by atoms with Crippen LogP contribution in [0.4, 0.5) is 0 Å². The van der Waals surface area contributed by atoms with Crippen LogP contribution < -0.4 is 0 Å². The van der Waals surface area contributed by atoms with Gasteiger partial charge in [0.25, 0.3) is 0 Å². The third-order valence-electron chi connectivity index (χ3n) is 4.17. The van der Waals surface area contributed by atoms with Gasteiger partial charge in [0, 0.05) is 6.54 Å². The average molecular weight is 265 g/mol. The van der Waals surface area contributed by atoms with Crippen LogP contribution in [-0.2, 0) is 9.47 Å². The maximum absolute atomic E-state index is 10.3. The van der Waals surface area contributed by atoms with Crippen molar-refractivity contribution in [2.24, 2.45) is 0 Å². The number of hydrogen-bond acceptors (Lipinski definition) is 4. The molecular weight excluding hydrogens is 242 g/mol. The second-order valence-electron chi connectivity index (χ2n) is 5.55. The minimum absolute atomic E-state index is 0.0183. The summed E-state index contributed by atoms with van der Waals surface area (Å²) < 4.78 is 11.3. The highest BCUT2D eigenvalue weighted by molar-refractivity contribution is 5.31. The Kier molecular flexibility index (Phi) is 4.33. The van der Waals surface area contributed by atoms with Crippen molar-refractivity contribution >= 4 is 0 Å². The molecule has 19 heavy (non-hydrogen) atoms. The molecule has 2 fully saturated rings. The summed E-state index contributed by atoms with van der Waals surface area (Å²) in [5.41, 5.74) is 0.978. The molecule has 0 saturated carbocycles. The van der Waals surface area contributed by atoms with E-state index in [-0.39, 0.29) is 18.3 Å². The fraction of sp³-hybridized carbons (Fsp3) is 0.733. The van der Waals surface area contributed by atoms with E-state index < -0.39 is 0 Å². The number of rotatable bonds is 4. The zero-order valence-electron chi connectivity index (χ0n) is 11.3. The van der Waals surface area contributed by atoms with Crippen LogP contribution in [0.1, 0.15) is 19.3 Å². The van der Waals surface area contributed by atoms with Gasteiger partial charge >= 0.3 is 0 Å². The van der Waals surface area contributed by atoms with Crippen molar-refractivity contribution in [3.05, 3.63) is 23.8 Å². The Morgan fingerprint density at radius 1 is 1.21 bits per heavy atom. The first-order chi connectivity index (χ1) is 9.33. The molecule has 0 radical (unpaired) electrons. The van der Waals surface area contributed by atoms with E-state index >= 15 is 0 Å². The van der Waals surface area contributed by atoms with Gasteiger partial charge in [-0.3, -0.25) is 0 Å². The molecule has 0 spiro atoms. The molecule has 0 aromatic rings. The van der Waals surface area contributed by atoms with Gasteiger partial charge in [-0.05, 0) is 44.0 Å². The van der Waals surface area contributed by atoms with Gasteiger partial charge in [0.05, 0.1) is 19.3 Å². The molecule has 0 amide bonds. The van der Waals surface area contributed by atoms with Crippen molar-refractivity contribution in [3.8, 4) is 0 Å². The lowest BCUT2D eigenvalue weighted by Gasteiger charge is -2.31. The first kappa shape index (κ1) is 13.3. The Bertz CT molecular complexity index is 360. The number of aliphatic hydroxyl groups is 1. The van der Waals surface area contributed by atoms with E-state index in [1.807, 2.05) is 18.2 Å². The Labute approximate surface area is 114 Å². The Hall–Kier alpha value is -0.680. The summed E-state index contributed by atoms with van der Waals surface area (Å²) in [6, 6.07) is 0. The molecule has 106 valence electrons. The van der Waals surface area contributed by atoms with Crippen molar-refractivity contribution in [3.63, 3.8) is 0 Å². The van der Waals surface area contributed by atoms with Gasteiger partial charge in [-0.15, -0.1) is 0 Å². The largest absolute Gasteiger partial charge is 0.388 e. The third-order valence-corrected chi connectivity index (χ3v) is 4.17. The van der Waals surface area contributed by atoms with E-state index in [1.165, 1.54) is 25.9 Å². The molecule has 1 aliphatic carbocycles. The van der Waals surface area contributed by atoms with Gasteiger partial charge < -0.3 is 19.5 Å². The van der Waals surface area contributed by atoms with Crippen LogP contribution in [0.25, 0.3) is 0 Å². The topological polar surface area (TPSA) is 41.9 Å². The van der Waals surface area contributed by atoms with E-state index in [1.54, 1.807) is 0 Å². The van der Waals surface area contributed by atoms with Crippen LogP contribution in [0, 0.1) is 0 Å². The van der Waals surface area contributed by atoms with E-state index in [0.717, 1.165) is 18.5 Å². The molecule has 1 N–H and O–H groups in total. The summed E-state index contributed by atoms with van der Waals surface area (Å²) in [6.07, 6.45) is 9.05. The molecule has 0 bridgehead atoms. The standard InChI is InChI=1S/C15H23NO3/c17-13(5-8-16-6-1-2-7-16)12-3-4-14-15(11-12)19-10-9-18-14/h3-4,11,13-15,17H,1-2,5-10H2/t13-,14?,15?/m1/s1. The highest BCUT2D eigenvalue weighted by Gasteiger charge is 2.27. The monoisotopic (exact) mass is 265 g/mol. The lowest BCUT2D eigenvalue weighted by molar-refractivity contribution is -0.102. The molecule has 4 heteroatoms. The lowest BCUT2D eigenvalue weighted by atomic mass is 9.96. The van der Waals surface area contributed by atoms with Crippen molar-refractivity contribution in [2.45, 2.75) is 37.6 Å². The summed E-state index contributed by atoms with van der Waals surface area (Å²) in [5.74, 6) is 0. The zero-order chi connectivity index (χ0) is 13.1. The molecular formula is C15H23NO3. The first-order valence-electron chi connectivity index (χ1n) is 7.36. The first-order valence-corrected chi connectivity index (χ1v) is 7.36. The average Bonchev–Trinajstić information content (AvgIpc) is 2.97. The van der Waals surface area contributed by atoms with Crippen LogP contribution in [0.5, 0.6) is 0 Å². The summed E-state index contributed by atoms with van der Waals surface area (Å²) in [7, 11) is 0. The summed E-state index contributed by atoms with van der Waals surface area (Å²) >= 11 is 0. The third kappa shape index (κ3) is 3.26. The van der Waals surface area contributed by atoms with Crippen LogP contribution in [0.3, 0.4) is 0 Å². The fourth-order valence-electron chi connectivity index (χ4n) is 3.02. The molecule has 2 saturated heterocycles. The number of nitrogens with zero attached hydrogens (tertiary/aromatic N) is 1. The van der Waals surface area contributed by atoms with Gasteiger partial charge in [-0.2, -0.15) is 0 Å². The number of hydrogen-bond donors (Lipinski definition) is 1. The van der Waals surface area contributed by atoms with E-state index in [0.29, 0.717) is 13.2 Å². The second kappa shape index (κ2) is 6.18. The Morgan fingerprint density at radius 2 is 1.95 bits per heavy atom. The second-order valence-corrected chi connectivity index (χ2v) is 5.55. The Balaban J connectivity index is 1.52. The molecule has 3 atom stereocenters. The predicted octanol–water partition coefficient (Wildman–Crippen LogP) is 1.11. The minimum atomic E-state index is -0.386. The van der Waals surface area contributed by atoms with Gasteiger partial charge in [-0.1, -0.05) is 12.2 Å². The van der Waals surface area contributed by atoms with E-state index in [2.05, 4.69) is 4.90 Å². The number of fused-ring (bicyclic) bond motifs is 1. The Morgan fingerprint density at radius 3 is 2.74 bits per heavy atom. The predicted molar refractivity (Wildman–Crippen MR) is 73.0 cm³/mol. The van der Waals surface area contributed by atoms with Gasteiger partial charge in [0.2, 0.25) is 0 Å². The normalized spacial score (nSPS) is 33.0. The van der Waals surface area contributed by atoms with Crippen molar-refractivity contribution in [2.75, 3.05) is 32.8 Å². The molecule has 2 unspecified atom stereocenters. The molecule has 3 rings (SSSR count). The van der Waals surface area contributed by atoms with Gasteiger partial charge in [-0.25, -0.2) is 0 Å². The molecule has 2 heterocycles. The quantitative estimate of drug-likeness (QED) is 0.827. The summed E-state index contributed by atoms with van der Waals surface area (Å²) in [5, 5.41) is 10.3. The van der Waals surface area contributed by atoms with Crippen molar-refractivity contribution < 1.29 is 14.6 Å². The highest BCUT2D eigenvalue weighted by atomic mass is 16.6. The van der Waals surface area contributed by atoms with Crippen LogP contribution >= 0.6 is 0 Å². The SMILES string of the molecule is O[C@H](CCN1CCCC1)C1=CC2OCCOC2C=C1. The smallest absolute Gasteiger partial charge is 0.106 e. The zero-order valence-corrected chi connectivity index (χ0v) is 11.3. The van der Waals surface area contributed by atoms with E-state index in [9.17, 15) is 5.11 Å². The highest BCUT2D eigenvalue weighted by Crippen LogP contribution is 2.23. The lowest BCUT2D eigenvalue weighted by Crippen LogP contribution is -2.38. The molecule has 3 aliphatic rings. The summed E-state index contributed by atoms with van der Waals surface area (Å²) in [4.78, 5) is 2.43. The number of ether oxygens (including phenoxy) is 2. The maximum atomic E-state index is 10.3.